The Morgan fingerprint density at radius 3 is 2.88 bits per heavy atom. The summed E-state index contributed by atoms with van der Waals surface area (Å²) in [6, 6.07) is 8.43. The lowest BCUT2D eigenvalue weighted by Crippen LogP contribution is -2.04. The summed E-state index contributed by atoms with van der Waals surface area (Å²) >= 11 is 2.23. The van der Waals surface area contributed by atoms with E-state index in [1.54, 1.807) is 6.20 Å². The average Bonchev–Trinajstić information content (AvgIpc) is 3.01. The third-order valence-electron chi connectivity index (χ3n) is 3.80. The number of fused-ring (bicyclic) bond motifs is 1. The molecule has 2 heterocycles. The quantitative estimate of drug-likeness (QED) is 0.421. The monoisotopic (exact) mass is 445 g/mol. The maximum atomic E-state index is 5.95. The Hall–Kier alpha value is -2.07. The van der Waals surface area contributed by atoms with E-state index in [-0.39, 0.29) is 0 Å². The molecule has 0 unspecified atom stereocenters. The Morgan fingerprint density at radius 2 is 2.16 bits per heavy atom. The molecule has 25 heavy (non-hydrogen) atoms. The van der Waals surface area contributed by atoms with Gasteiger partial charge in [-0.25, -0.2) is 4.98 Å². The van der Waals surface area contributed by atoms with Crippen molar-refractivity contribution in [2.24, 2.45) is 0 Å². The number of halogens is 1. The molecule has 0 amide bonds. The largest absolute Gasteiger partial charge is 0.472 e. The summed E-state index contributed by atoms with van der Waals surface area (Å²) in [5, 5.41) is 5.61. The van der Waals surface area contributed by atoms with Gasteiger partial charge in [-0.2, -0.15) is 5.10 Å². The van der Waals surface area contributed by atoms with E-state index in [0.29, 0.717) is 18.5 Å². The van der Waals surface area contributed by atoms with Gasteiger partial charge in [0.2, 0.25) is 5.88 Å². The highest BCUT2D eigenvalue weighted by molar-refractivity contribution is 14.1. The topological polar surface area (TPSA) is 39.9 Å². The molecule has 0 N–H and O–H groups in total. The fraction of sp³-hybridized carbons (Fsp3) is 0.300. The van der Waals surface area contributed by atoms with Gasteiger partial charge in [0, 0.05) is 35.2 Å². The van der Waals surface area contributed by atoms with Crippen LogP contribution in [-0.4, -0.2) is 14.8 Å². The van der Waals surface area contributed by atoms with Gasteiger partial charge in [-0.1, -0.05) is 18.8 Å². The molecule has 3 aromatic rings. The van der Waals surface area contributed by atoms with Crippen LogP contribution in [0.25, 0.3) is 10.9 Å². The van der Waals surface area contributed by atoms with Crippen molar-refractivity contribution in [3.63, 3.8) is 0 Å². The van der Waals surface area contributed by atoms with Gasteiger partial charge in [-0.05, 0) is 60.7 Å². The number of pyridine rings is 1. The number of benzene rings is 1. The SMILES string of the molecule is CCC#Cc1cc2cnn(C(C)C)c2cc1COc1ncccc1I. The molecule has 0 aliphatic carbocycles. The number of aromatic nitrogens is 3. The second-order valence-electron chi connectivity index (χ2n) is 5.99. The number of hydrogen-bond donors (Lipinski definition) is 0. The molecule has 1 aromatic carbocycles. The van der Waals surface area contributed by atoms with Crippen LogP contribution in [0, 0.1) is 15.4 Å². The summed E-state index contributed by atoms with van der Waals surface area (Å²) < 4.78 is 8.98. The zero-order chi connectivity index (χ0) is 17.8. The van der Waals surface area contributed by atoms with Crippen LogP contribution < -0.4 is 4.74 Å². The van der Waals surface area contributed by atoms with Gasteiger partial charge in [0.05, 0.1) is 15.3 Å². The first-order valence-electron chi connectivity index (χ1n) is 8.32. The number of ether oxygens (including phenoxy) is 1. The van der Waals surface area contributed by atoms with E-state index < -0.39 is 0 Å². The maximum absolute atomic E-state index is 5.95. The van der Waals surface area contributed by atoms with Crippen LogP contribution in [0.3, 0.4) is 0 Å². The second-order valence-corrected chi connectivity index (χ2v) is 7.15. The van der Waals surface area contributed by atoms with E-state index in [0.717, 1.165) is 32.0 Å². The normalized spacial score (nSPS) is 10.8. The highest BCUT2D eigenvalue weighted by atomic mass is 127. The smallest absolute Gasteiger partial charge is 0.227 e. The predicted molar refractivity (Wildman–Crippen MR) is 109 cm³/mol. The average molecular weight is 445 g/mol. The van der Waals surface area contributed by atoms with Crippen LogP contribution in [0.1, 0.15) is 44.4 Å². The molecular weight excluding hydrogens is 425 g/mol. The molecule has 0 atom stereocenters. The van der Waals surface area contributed by atoms with Crippen molar-refractivity contribution in [1.82, 2.24) is 14.8 Å². The Balaban J connectivity index is 2.00. The molecule has 0 aliphatic heterocycles. The lowest BCUT2D eigenvalue weighted by atomic mass is 10.1. The Bertz CT molecular complexity index is 950. The van der Waals surface area contributed by atoms with Gasteiger partial charge in [-0.15, -0.1) is 0 Å². The lowest BCUT2D eigenvalue weighted by molar-refractivity contribution is 0.291. The molecule has 0 radical (unpaired) electrons. The molecule has 5 heteroatoms. The molecular formula is C20H20IN3O. The van der Waals surface area contributed by atoms with Crippen molar-refractivity contribution in [3.8, 4) is 17.7 Å². The first kappa shape index (κ1) is 17.7. The molecule has 0 fully saturated rings. The third kappa shape index (κ3) is 3.96. The van der Waals surface area contributed by atoms with E-state index in [9.17, 15) is 0 Å². The summed E-state index contributed by atoms with van der Waals surface area (Å²) in [6.07, 6.45) is 4.47. The van der Waals surface area contributed by atoms with Crippen LogP contribution in [0.4, 0.5) is 0 Å². The van der Waals surface area contributed by atoms with E-state index in [1.807, 2.05) is 23.0 Å². The summed E-state index contributed by atoms with van der Waals surface area (Å²) in [6.45, 7) is 6.74. The van der Waals surface area contributed by atoms with Gasteiger partial charge in [-0.3, -0.25) is 4.68 Å². The lowest BCUT2D eigenvalue weighted by Gasteiger charge is -2.11. The minimum Gasteiger partial charge on any atom is -0.472 e. The predicted octanol–water partition coefficient (Wildman–Crippen LogP) is 4.96. The summed E-state index contributed by atoms with van der Waals surface area (Å²) in [4.78, 5) is 4.30. The van der Waals surface area contributed by atoms with Crippen molar-refractivity contribution in [1.29, 1.82) is 0 Å². The minimum absolute atomic E-state index is 0.301. The van der Waals surface area contributed by atoms with Crippen LogP contribution >= 0.6 is 22.6 Å². The fourth-order valence-corrected chi connectivity index (χ4v) is 3.09. The van der Waals surface area contributed by atoms with Crippen LogP contribution in [0.15, 0.2) is 36.7 Å². The van der Waals surface area contributed by atoms with Gasteiger partial charge in [0.25, 0.3) is 0 Å². The highest BCUT2D eigenvalue weighted by Crippen LogP contribution is 2.24. The summed E-state index contributed by atoms with van der Waals surface area (Å²) in [7, 11) is 0. The van der Waals surface area contributed by atoms with E-state index in [2.05, 4.69) is 77.4 Å². The van der Waals surface area contributed by atoms with Crippen LogP contribution in [-0.2, 0) is 6.61 Å². The van der Waals surface area contributed by atoms with Crippen molar-refractivity contribution < 1.29 is 4.74 Å². The van der Waals surface area contributed by atoms with Gasteiger partial charge in [0.15, 0.2) is 0 Å². The maximum Gasteiger partial charge on any atom is 0.227 e. The highest BCUT2D eigenvalue weighted by Gasteiger charge is 2.11. The van der Waals surface area contributed by atoms with E-state index in [4.69, 9.17) is 4.74 Å². The van der Waals surface area contributed by atoms with E-state index >= 15 is 0 Å². The zero-order valence-electron chi connectivity index (χ0n) is 14.6. The fourth-order valence-electron chi connectivity index (χ4n) is 2.59. The zero-order valence-corrected chi connectivity index (χ0v) is 16.7. The molecule has 128 valence electrons. The summed E-state index contributed by atoms with van der Waals surface area (Å²) in [5.41, 5.74) is 3.15. The molecule has 0 saturated heterocycles. The molecule has 0 aliphatic rings. The van der Waals surface area contributed by atoms with Gasteiger partial charge < -0.3 is 4.74 Å². The molecule has 0 bridgehead atoms. The number of hydrogen-bond acceptors (Lipinski definition) is 3. The van der Waals surface area contributed by atoms with Gasteiger partial charge >= 0.3 is 0 Å². The van der Waals surface area contributed by atoms with Crippen LogP contribution in [0.5, 0.6) is 5.88 Å². The standard InChI is InChI=1S/C20H20IN3O/c1-4-5-7-15-10-16-12-23-24(14(2)3)19(16)11-17(15)13-25-20-18(21)8-6-9-22-20/h6,8-12,14H,4,13H2,1-3H3. The molecule has 2 aromatic heterocycles. The van der Waals surface area contributed by atoms with Crippen molar-refractivity contribution in [3.05, 3.63) is 51.4 Å². The first-order valence-corrected chi connectivity index (χ1v) is 9.40. The molecule has 4 nitrogen and oxygen atoms in total. The Morgan fingerprint density at radius 1 is 1.32 bits per heavy atom. The Kier molecular flexibility index (Phi) is 5.59. The van der Waals surface area contributed by atoms with Crippen molar-refractivity contribution >= 4 is 33.5 Å². The molecule has 3 rings (SSSR count). The third-order valence-corrected chi connectivity index (χ3v) is 4.62. The minimum atomic E-state index is 0.301. The van der Waals surface area contributed by atoms with Gasteiger partial charge in [0.1, 0.15) is 6.61 Å². The number of rotatable bonds is 4. The van der Waals surface area contributed by atoms with Crippen LogP contribution in [0.2, 0.25) is 0 Å². The summed E-state index contributed by atoms with van der Waals surface area (Å²) in [5.74, 6) is 7.06. The van der Waals surface area contributed by atoms with E-state index in [1.165, 1.54) is 0 Å². The van der Waals surface area contributed by atoms with Crippen molar-refractivity contribution in [2.75, 3.05) is 0 Å². The van der Waals surface area contributed by atoms with Crippen molar-refractivity contribution in [2.45, 2.75) is 39.8 Å². The first-order chi connectivity index (χ1) is 12.1. The Labute approximate surface area is 161 Å². The molecule has 0 saturated carbocycles. The second kappa shape index (κ2) is 7.87. The molecule has 0 spiro atoms. The number of nitrogens with zero attached hydrogens (tertiary/aromatic N) is 3.